The van der Waals surface area contributed by atoms with Crippen molar-refractivity contribution in [1.29, 1.82) is 0 Å². The van der Waals surface area contributed by atoms with Crippen molar-refractivity contribution in [3.63, 3.8) is 0 Å². The van der Waals surface area contributed by atoms with Crippen molar-refractivity contribution >= 4 is 34.7 Å². The van der Waals surface area contributed by atoms with Gasteiger partial charge in [-0.25, -0.2) is 4.98 Å². The van der Waals surface area contributed by atoms with Crippen LogP contribution in [0.25, 0.3) is 10.6 Å². The van der Waals surface area contributed by atoms with E-state index < -0.39 is 0 Å². The summed E-state index contributed by atoms with van der Waals surface area (Å²) in [5.74, 6) is 0.236. The summed E-state index contributed by atoms with van der Waals surface area (Å²) in [6.07, 6.45) is 0. The molecule has 0 fully saturated rings. The van der Waals surface area contributed by atoms with E-state index in [1.807, 2.05) is 52.0 Å². The molecule has 0 radical (unpaired) electrons. The van der Waals surface area contributed by atoms with Crippen molar-refractivity contribution in [2.75, 3.05) is 11.1 Å². The summed E-state index contributed by atoms with van der Waals surface area (Å²) in [6, 6.07) is 9.82. The zero-order valence-corrected chi connectivity index (χ0v) is 16.8. The molecule has 3 aromatic rings. The van der Waals surface area contributed by atoms with Crippen LogP contribution in [0, 0.1) is 27.7 Å². The Balaban J connectivity index is 1.59. The number of anilines is 1. The van der Waals surface area contributed by atoms with E-state index >= 15 is 0 Å². The highest BCUT2D eigenvalue weighted by molar-refractivity contribution is 7.99. The van der Waals surface area contributed by atoms with E-state index in [9.17, 15) is 4.79 Å². The van der Waals surface area contributed by atoms with Crippen LogP contribution >= 0.6 is 23.1 Å². The van der Waals surface area contributed by atoms with E-state index in [2.05, 4.69) is 26.6 Å². The predicted octanol–water partition coefficient (Wildman–Crippen LogP) is 4.56. The molecule has 3 rings (SSSR count). The number of rotatable bonds is 5. The maximum atomic E-state index is 12.2. The molecule has 0 saturated heterocycles. The highest BCUT2D eigenvalue weighted by Gasteiger charge is 2.10. The minimum absolute atomic E-state index is 0.0557. The number of hydrogen-bond donors (Lipinski definition) is 1. The van der Waals surface area contributed by atoms with Gasteiger partial charge >= 0.3 is 0 Å². The summed E-state index contributed by atoms with van der Waals surface area (Å²) in [6.45, 7) is 7.98. The molecule has 7 heteroatoms. The molecule has 0 spiro atoms. The topological polar surface area (TPSA) is 67.8 Å². The van der Waals surface area contributed by atoms with Crippen molar-refractivity contribution in [1.82, 2.24) is 15.2 Å². The van der Waals surface area contributed by atoms with Crippen LogP contribution in [0.5, 0.6) is 0 Å². The normalized spacial score (nSPS) is 10.8. The fourth-order valence-corrected chi connectivity index (χ4v) is 4.17. The predicted molar refractivity (Wildman–Crippen MR) is 108 cm³/mol. The van der Waals surface area contributed by atoms with E-state index in [0.29, 0.717) is 5.75 Å². The molecule has 2 aromatic heterocycles. The largest absolute Gasteiger partial charge is 0.325 e. The van der Waals surface area contributed by atoms with Gasteiger partial charge in [-0.3, -0.25) is 4.79 Å². The molecule has 0 aliphatic carbocycles. The number of aromatic nitrogens is 3. The first-order valence-electron chi connectivity index (χ1n) is 8.20. The van der Waals surface area contributed by atoms with Crippen LogP contribution in [0.1, 0.15) is 21.8 Å². The summed E-state index contributed by atoms with van der Waals surface area (Å²) >= 11 is 2.98. The number of hydrogen-bond acceptors (Lipinski definition) is 6. The van der Waals surface area contributed by atoms with E-state index in [4.69, 9.17) is 0 Å². The number of aryl methyl sites for hydroxylation is 4. The molecule has 0 aliphatic heterocycles. The van der Waals surface area contributed by atoms with Gasteiger partial charge in [0.25, 0.3) is 0 Å². The molecule has 0 unspecified atom stereocenters. The Bertz CT molecular complexity index is 915. The first kappa shape index (κ1) is 18.5. The molecule has 1 amide bonds. The van der Waals surface area contributed by atoms with Crippen LogP contribution in [0.2, 0.25) is 0 Å². The second kappa shape index (κ2) is 7.97. The average molecular weight is 385 g/mol. The number of benzene rings is 1. The van der Waals surface area contributed by atoms with Gasteiger partial charge in [-0.15, -0.1) is 21.5 Å². The van der Waals surface area contributed by atoms with Gasteiger partial charge in [0.05, 0.1) is 21.3 Å². The van der Waals surface area contributed by atoms with Crippen LogP contribution in [-0.4, -0.2) is 26.8 Å². The standard InChI is InChI=1S/C19H20N4OS2/c1-11-7-12(2)9-15(8-11)21-17(24)10-25-18-6-5-16(22-23-18)19-13(3)20-14(4)26-19/h5-9H,10H2,1-4H3,(H,21,24). The summed E-state index contributed by atoms with van der Waals surface area (Å²) in [7, 11) is 0. The quantitative estimate of drug-likeness (QED) is 0.653. The molecular weight excluding hydrogens is 364 g/mol. The third kappa shape index (κ3) is 4.68. The molecular formula is C19H20N4OS2. The molecule has 5 nitrogen and oxygen atoms in total. The zero-order chi connectivity index (χ0) is 18.7. The molecule has 2 heterocycles. The lowest BCUT2D eigenvalue weighted by molar-refractivity contribution is -0.113. The molecule has 134 valence electrons. The van der Waals surface area contributed by atoms with Gasteiger partial charge in [0, 0.05) is 5.69 Å². The highest BCUT2D eigenvalue weighted by atomic mass is 32.2. The van der Waals surface area contributed by atoms with Crippen LogP contribution in [-0.2, 0) is 4.79 Å². The number of carbonyl (C=O) groups excluding carboxylic acids is 1. The fourth-order valence-electron chi connectivity index (χ4n) is 2.67. The lowest BCUT2D eigenvalue weighted by Gasteiger charge is -2.07. The van der Waals surface area contributed by atoms with Crippen LogP contribution in [0.3, 0.4) is 0 Å². The lowest BCUT2D eigenvalue weighted by atomic mass is 10.1. The maximum Gasteiger partial charge on any atom is 0.234 e. The monoisotopic (exact) mass is 384 g/mol. The molecule has 0 bridgehead atoms. The Labute approximate surface area is 161 Å². The van der Waals surface area contributed by atoms with Gasteiger partial charge in [0.2, 0.25) is 5.91 Å². The van der Waals surface area contributed by atoms with Crippen molar-refractivity contribution in [3.8, 4) is 10.6 Å². The molecule has 1 N–H and O–H groups in total. The third-order valence-corrected chi connectivity index (χ3v) is 5.65. The van der Waals surface area contributed by atoms with Gasteiger partial charge < -0.3 is 5.32 Å². The van der Waals surface area contributed by atoms with Crippen LogP contribution in [0.15, 0.2) is 35.4 Å². The SMILES string of the molecule is Cc1cc(C)cc(NC(=O)CSc2ccc(-c3sc(C)nc3C)nn2)c1. The Morgan fingerprint density at radius 2 is 1.81 bits per heavy atom. The molecule has 26 heavy (non-hydrogen) atoms. The van der Waals surface area contributed by atoms with Gasteiger partial charge in [0.1, 0.15) is 10.7 Å². The zero-order valence-electron chi connectivity index (χ0n) is 15.2. The first-order chi connectivity index (χ1) is 12.4. The second-order valence-corrected chi connectivity index (χ2v) is 8.32. The number of nitrogens with zero attached hydrogens (tertiary/aromatic N) is 3. The second-order valence-electron chi connectivity index (χ2n) is 6.12. The number of nitrogens with one attached hydrogen (secondary N) is 1. The van der Waals surface area contributed by atoms with Gasteiger partial charge in [-0.1, -0.05) is 17.8 Å². The van der Waals surface area contributed by atoms with E-state index in [0.717, 1.165) is 43.1 Å². The van der Waals surface area contributed by atoms with Crippen molar-refractivity contribution < 1.29 is 4.79 Å². The minimum atomic E-state index is -0.0557. The van der Waals surface area contributed by atoms with Crippen molar-refractivity contribution in [2.45, 2.75) is 32.7 Å². The summed E-state index contributed by atoms with van der Waals surface area (Å²) in [5, 5.41) is 13.2. The number of carbonyl (C=O) groups is 1. The third-order valence-electron chi connectivity index (χ3n) is 3.63. The van der Waals surface area contributed by atoms with E-state index in [-0.39, 0.29) is 5.91 Å². The summed E-state index contributed by atoms with van der Waals surface area (Å²) in [4.78, 5) is 17.6. The smallest absolute Gasteiger partial charge is 0.234 e. The Morgan fingerprint density at radius 1 is 1.08 bits per heavy atom. The average Bonchev–Trinajstić information content (AvgIpc) is 2.91. The minimum Gasteiger partial charge on any atom is -0.325 e. The fraction of sp³-hybridized carbons (Fsp3) is 0.263. The highest BCUT2D eigenvalue weighted by Crippen LogP contribution is 2.28. The van der Waals surface area contributed by atoms with Gasteiger partial charge in [-0.05, 0) is 63.1 Å². The van der Waals surface area contributed by atoms with Crippen LogP contribution in [0.4, 0.5) is 5.69 Å². The van der Waals surface area contributed by atoms with Crippen molar-refractivity contribution in [3.05, 3.63) is 52.2 Å². The van der Waals surface area contributed by atoms with E-state index in [1.54, 1.807) is 11.3 Å². The summed E-state index contributed by atoms with van der Waals surface area (Å²) in [5.41, 5.74) is 4.86. The first-order valence-corrected chi connectivity index (χ1v) is 10.00. The number of amides is 1. The number of thioether (sulfide) groups is 1. The lowest BCUT2D eigenvalue weighted by Crippen LogP contribution is -2.14. The van der Waals surface area contributed by atoms with Crippen molar-refractivity contribution in [2.24, 2.45) is 0 Å². The number of thiazole rings is 1. The maximum absolute atomic E-state index is 12.2. The molecule has 0 aliphatic rings. The van der Waals surface area contributed by atoms with Gasteiger partial charge in [-0.2, -0.15) is 0 Å². The van der Waals surface area contributed by atoms with E-state index in [1.165, 1.54) is 11.8 Å². The Kier molecular flexibility index (Phi) is 5.68. The van der Waals surface area contributed by atoms with Gasteiger partial charge in [0.15, 0.2) is 0 Å². The Morgan fingerprint density at radius 3 is 2.38 bits per heavy atom. The molecule has 0 atom stereocenters. The Hall–Kier alpha value is -2.25. The molecule has 0 saturated carbocycles. The van der Waals surface area contributed by atoms with Crippen LogP contribution < -0.4 is 5.32 Å². The molecule has 1 aromatic carbocycles. The summed E-state index contributed by atoms with van der Waals surface area (Å²) < 4.78 is 0.